The number of morpholine rings is 2. The Morgan fingerprint density at radius 3 is 1.31 bits per heavy atom. The Morgan fingerprint density at radius 1 is 0.596 bits per heavy atom. The molecule has 0 atom stereocenters. The molecule has 0 aromatic heterocycles. The van der Waals surface area contributed by atoms with E-state index < -0.39 is 58.7 Å². The molecule has 0 bridgehead atoms. The zero-order valence-electron chi connectivity index (χ0n) is 27.0. The van der Waals surface area contributed by atoms with E-state index in [4.69, 9.17) is 32.7 Å². The van der Waals surface area contributed by atoms with Crippen molar-refractivity contribution < 1.29 is 41.3 Å². The molecule has 2 N–H and O–H groups in total. The van der Waals surface area contributed by atoms with Gasteiger partial charge >= 0.3 is 6.03 Å². The maximum Gasteiger partial charge on any atom is 0.338 e. The average Bonchev–Trinajstić information content (AvgIpc) is 3.12. The van der Waals surface area contributed by atoms with Gasteiger partial charge < -0.3 is 19.7 Å². The van der Waals surface area contributed by atoms with Crippen LogP contribution in [0.25, 0.3) is 0 Å². The van der Waals surface area contributed by atoms with E-state index in [1.54, 1.807) is 48.5 Å². The number of amides is 2. The van der Waals surface area contributed by atoms with Crippen molar-refractivity contribution in [1.29, 1.82) is 0 Å². The number of carbonyl (C=O) groups is 1. The summed E-state index contributed by atoms with van der Waals surface area (Å²) >= 11 is 20.0. The molecule has 0 saturated carbocycles. The second kappa shape index (κ2) is 15.8. The molecule has 4 aromatic carbocycles. The van der Waals surface area contributed by atoms with Crippen molar-refractivity contribution in [3.8, 4) is 11.5 Å². The van der Waals surface area contributed by atoms with Crippen LogP contribution in [0.1, 0.15) is 0 Å². The molecule has 276 valence electrons. The first-order valence-corrected chi connectivity index (χ1v) is 20.8. The van der Waals surface area contributed by atoms with E-state index in [9.17, 15) is 27.0 Å². The highest BCUT2D eigenvalue weighted by Crippen LogP contribution is 2.49. The number of hydrogen-bond acceptors (Lipinski definition) is 9. The van der Waals surface area contributed by atoms with Gasteiger partial charge in [-0.1, -0.05) is 47.5 Å². The number of anilines is 4. The van der Waals surface area contributed by atoms with E-state index in [2.05, 4.69) is 31.9 Å². The van der Waals surface area contributed by atoms with Crippen molar-refractivity contribution in [2.45, 2.75) is 9.79 Å². The van der Waals surface area contributed by atoms with Gasteiger partial charge in [-0.3, -0.25) is 9.80 Å². The van der Waals surface area contributed by atoms with Crippen LogP contribution in [0, 0.1) is 0 Å². The second-order valence-electron chi connectivity index (χ2n) is 11.4. The highest BCUT2D eigenvalue weighted by Gasteiger charge is 2.39. The fraction of sp³-hybridized carbons (Fsp3) is 0.242. The van der Waals surface area contributed by atoms with Gasteiger partial charge in [0.05, 0.1) is 59.2 Å². The second-order valence-corrected chi connectivity index (χ2v) is 17.7. The number of halogens is 4. The van der Waals surface area contributed by atoms with Crippen LogP contribution in [0.4, 0.5) is 27.5 Å². The number of carbonyl (C=O) groups excluding carboxylic acids is 1. The van der Waals surface area contributed by atoms with Crippen LogP contribution in [-0.4, -0.2) is 94.3 Å². The first-order chi connectivity index (χ1) is 24.8. The van der Waals surface area contributed by atoms with Gasteiger partial charge in [0.25, 0.3) is 0 Å². The first kappa shape index (κ1) is 38.7. The molecule has 0 unspecified atom stereocenters. The molecule has 0 spiro atoms. The molecular weight excluding hydrogens is 891 g/mol. The minimum atomic E-state index is -4.48. The molecule has 2 amide bonds. The summed E-state index contributed by atoms with van der Waals surface area (Å²) in [4.78, 5) is 16.0. The fourth-order valence-electron chi connectivity index (χ4n) is 5.79. The molecule has 0 aliphatic carbocycles. The molecule has 52 heavy (non-hydrogen) atoms. The lowest BCUT2D eigenvalue weighted by Crippen LogP contribution is -2.41. The molecule has 2 heterocycles. The maximum atomic E-state index is 15.3. The van der Waals surface area contributed by atoms with E-state index >= 15 is 4.79 Å². The molecule has 13 nitrogen and oxygen atoms in total. The number of ether oxygens (including phenoxy) is 2. The Labute approximate surface area is 327 Å². The zero-order chi connectivity index (χ0) is 37.4. The molecule has 4 aromatic rings. The van der Waals surface area contributed by atoms with Crippen molar-refractivity contribution >= 4 is 104 Å². The van der Waals surface area contributed by atoms with Gasteiger partial charge in [0.1, 0.15) is 9.79 Å². The van der Waals surface area contributed by atoms with Gasteiger partial charge in [0.15, 0.2) is 11.5 Å². The van der Waals surface area contributed by atoms with E-state index in [1.807, 2.05) is 0 Å². The summed E-state index contributed by atoms with van der Waals surface area (Å²) in [5.41, 5.74) is -0.294. The van der Waals surface area contributed by atoms with E-state index in [-0.39, 0.29) is 62.7 Å². The van der Waals surface area contributed by atoms with Gasteiger partial charge in [-0.25, -0.2) is 21.6 Å². The van der Waals surface area contributed by atoms with Gasteiger partial charge in [-0.2, -0.15) is 8.61 Å². The summed E-state index contributed by atoms with van der Waals surface area (Å²) in [5, 5.41) is 23.2. The average molecular weight is 921 g/mol. The number of sulfonamides is 2. The van der Waals surface area contributed by atoms with E-state index in [0.717, 1.165) is 13.5 Å². The Balaban J connectivity index is 1.64. The first-order valence-electron chi connectivity index (χ1n) is 15.6. The normalized spacial score (nSPS) is 16.1. The van der Waals surface area contributed by atoms with Crippen LogP contribution in [0.5, 0.6) is 11.5 Å². The molecule has 2 saturated heterocycles. The summed E-state index contributed by atoms with van der Waals surface area (Å²) in [5.74, 6) is -1.86. The standard InChI is InChI=1S/C33H30Br2Cl2N4O9S2/c34-21-5-1-3-7-25(21)40(26-8-4-2-6-22(26)35)33(44)41(27-11-9-23(36)31(29(27)42)51(45,46)38-13-17-49-18-14-38)28-12-10-24(37)32(30(28)43)52(47,48)39-15-19-50-20-16-39/h1-12,42-43H,13-20H2. The summed E-state index contributed by atoms with van der Waals surface area (Å²) in [6.07, 6.45) is 0. The highest BCUT2D eigenvalue weighted by molar-refractivity contribution is 9.11. The third-order valence-corrected chi connectivity index (χ3v) is 14.5. The Kier molecular flexibility index (Phi) is 11.8. The number of benzene rings is 4. The monoisotopic (exact) mass is 918 g/mol. The Hall–Kier alpha value is -2.97. The maximum absolute atomic E-state index is 15.3. The number of aromatic hydroxyl groups is 2. The van der Waals surface area contributed by atoms with Crippen LogP contribution in [0.2, 0.25) is 10.0 Å². The van der Waals surface area contributed by atoms with Crippen molar-refractivity contribution in [3.05, 3.63) is 91.8 Å². The number of phenolic OH excluding ortho intramolecular Hbond substituents is 2. The fourth-order valence-corrected chi connectivity index (χ4v) is 10.7. The highest BCUT2D eigenvalue weighted by atomic mass is 79.9. The van der Waals surface area contributed by atoms with Crippen molar-refractivity contribution in [3.63, 3.8) is 0 Å². The molecule has 19 heteroatoms. The molecule has 2 aliphatic rings. The lowest BCUT2D eigenvalue weighted by atomic mass is 10.2. The molecule has 6 rings (SSSR count). The number of phenols is 2. The molecule has 0 radical (unpaired) electrons. The van der Waals surface area contributed by atoms with Gasteiger partial charge in [0.2, 0.25) is 20.0 Å². The Bertz CT molecular complexity index is 2090. The number of hydrogen-bond donors (Lipinski definition) is 2. The topological polar surface area (TPSA) is 157 Å². The van der Waals surface area contributed by atoms with Gasteiger partial charge in [-0.15, -0.1) is 0 Å². The Morgan fingerprint density at radius 2 is 0.942 bits per heavy atom. The third kappa shape index (κ3) is 7.28. The lowest BCUT2D eigenvalue weighted by molar-refractivity contribution is 0.0729. The summed E-state index contributed by atoms with van der Waals surface area (Å²) in [6, 6.07) is 17.2. The predicted molar refractivity (Wildman–Crippen MR) is 203 cm³/mol. The summed E-state index contributed by atoms with van der Waals surface area (Å²) in [6.45, 7) is 0.323. The predicted octanol–water partition coefficient (Wildman–Crippen LogP) is 7.07. The minimum Gasteiger partial charge on any atom is -0.504 e. The SMILES string of the molecule is O=C(N(c1ccccc1Br)c1ccccc1Br)N(c1ccc(Cl)c(S(=O)(=O)N2CCOCC2)c1O)c1ccc(Cl)c(S(=O)(=O)N2CCOCC2)c1O. The lowest BCUT2D eigenvalue weighted by Gasteiger charge is -2.34. The number of para-hydroxylation sites is 2. The van der Waals surface area contributed by atoms with Crippen molar-refractivity contribution in [2.24, 2.45) is 0 Å². The van der Waals surface area contributed by atoms with Crippen molar-refractivity contribution in [1.82, 2.24) is 8.61 Å². The van der Waals surface area contributed by atoms with E-state index in [1.165, 1.54) is 29.2 Å². The van der Waals surface area contributed by atoms with Gasteiger partial charge in [0, 0.05) is 35.1 Å². The summed E-state index contributed by atoms with van der Waals surface area (Å²) < 4.78 is 69.7. The van der Waals surface area contributed by atoms with Crippen LogP contribution in [0.15, 0.2) is 91.5 Å². The zero-order valence-corrected chi connectivity index (χ0v) is 33.3. The van der Waals surface area contributed by atoms with Crippen LogP contribution < -0.4 is 9.80 Å². The quantitative estimate of drug-likeness (QED) is 0.189. The van der Waals surface area contributed by atoms with Crippen LogP contribution >= 0.6 is 55.1 Å². The molecule has 2 fully saturated rings. The summed E-state index contributed by atoms with van der Waals surface area (Å²) in [7, 11) is -8.96. The smallest absolute Gasteiger partial charge is 0.338 e. The number of urea groups is 1. The number of nitrogens with zero attached hydrogens (tertiary/aromatic N) is 4. The van der Waals surface area contributed by atoms with Crippen molar-refractivity contribution in [2.75, 3.05) is 62.4 Å². The minimum absolute atomic E-state index is 0.0243. The number of rotatable bonds is 8. The van der Waals surface area contributed by atoms with E-state index in [0.29, 0.717) is 20.3 Å². The molecular formula is C33H30Br2Cl2N4O9S2. The molecule has 2 aliphatic heterocycles. The largest absolute Gasteiger partial charge is 0.504 e. The van der Waals surface area contributed by atoms with Crippen LogP contribution in [0.3, 0.4) is 0 Å². The van der Waals surface area contributed by atoms with Crippen LogP contribution in [-0.2, 0) is 29.5 Å². The third-order valence-electron chi connectivity index (χ3n) is 8.31. The van der Waals surface area contributed by atoms with Gasteiger partial charge in [-0.05, 0) is 80.4 Å².